The van der Waals surface area contributed by atoms with Gasteiger partial charge in [0.2, 0.25) is 0 Å². The number of anilines is 3. The second-order valence-electron chi connectivity index (χ2n) is 4.29. The molecule has 2 nitrogen and oxygen atoms in total. The van der Waals surface area contributed by atoms with Crippen LogP contribution >= 0.6 is 11.6 Å². The van der Waals surface area contributed by atoms with E-state index in [-0.39, 0.29) is 0 Å². The molecule has 18 heavy (non-hydrogen) atoms. The van der Waals surface area contributed by atoms with Gasteiger partial charge in [-0.1, -0.05) is 29.3 Å². The number of benzene rings is 2. The van der Waals surface area contributed by atoms with E-state index in [1.807, 2.05) is 12.1 Å². The van der Waals surface area contributed by atoms with Gasteiger partial charge in [0.25, 0.3) is 0 Å². The van der Waals surface area contributed by atoms with E-state index in [1.54, 1.807) is 6.07 Å². The molecule has 3 heteroatoms. The molecular formula is C15H17ClN2. The van der Waals surface area contributed by atoms with Crippen molar-refractivity contribution in [2.45, 2.75) is 13.8 Å². The second kappa shape index (κ2) is 5.32. The number of hydrogen-bond donors (Lipinski definition) is 1. The maximum atomic E-state index is 6.26. The van der Waals surface area contributed by atoms with E-state index in [0.717, 1.165) is 17.9 Å². The molecule has 0 aliphatic carbocycles. The van der Waals surface area contributed by atoms with Crippen LogP contribution in [-0.4, -0.2) is 6.54 Å². The van der Waals surface area contributed by atoms with Gasteiger partial charge in [-0.25, -0.2) is 0 Å². The van der Waals surface area contributed by atoms with Crippen LogP contribution in [0, 0.1) is 6.92 Å². The zero-order valence-electron chi connectivity index (χ0n) is 10.7. The first kappa shape index (κ1) is 12.8. The molecule has 2 aromatic rings. The molecule has 0 aromatic heterocycles. The lowest BCUT2D eigenvalue weighted by molar-refractivity contribution is 1.02. The molecule has 94 valence electrons. The van der Waals surface area contributed by atoms with Gasteiger partial charge in [-0.3, -0.25) is 0 Å². The zero-order chi connectivity index (χ0) is 13.1. The molecule has 0 saturated carbocycles. The van der Waals surface area contributed by atoms with Crippen molar-refractivity contribution in [3.8, 4) is 0 Å². The first-order valence-electron chi connectivity index (χ1n) is 6.01. The Balaban J connectivity index is 2.41. The molecule has 0 aliphatic rings. The molecule has 0 bridgehead atoms. The van der Waals surface area contributed by atoms with Gasteiger partial charge >= 0.3 is 0 Å². The fourth-order valence-electron chi connectivity index (χ4n) is 1.96. The highest BCUT2D eigenvalue weighted by Crippen LogP contribution is 2.33. The van der Waals surface area contributed by atoms with Crippen molar-refractivity contribution in [1.82, 2.24) is 0 Å². The minimum absolute atomic E-state index is 0.678. The van der Waals surface area contributed by atoms with Crippen molar-refractivity contribution in [2.75, 3.05) is 17.2 Å². The van der Waals surface area contributed by atoms with Crippen molar-refractivity contribution < 1.29 is 0 Å². The van der Waals surface area contributed by atoms with E-state index in [4.69, 9.17) is 17.3 Å². The summed E-state index contributed by atoms with van der Waals surface area (Å²) in [6.07, 6.45) is 0. The topological polar surface area (TPSA) is 29.3 Å². The summed E-state index contributed by atoms with van der Waals surface area (Å²) in [7, 11) is 0. The minimum atomic E-state index is 0.678. The van der Waals surface area contributed by atoms with Crippen LogP contribution in [0.1, 0.15) is 12.5 Å². The summed E-state index contributed by atoms with van der Waals surface area (Å²) in [6, 6.07) is 14.0. The standard InChI is InChI=1S/C15H17ClN2/c1-3-18(13-7-4-11(2)5-8-13)15-9-6-12(17)10-14(15)16/h4-10H,3,17H2,1-2H3. The molecule has 0 heterocycles. The van der Waals surface area contributed by atoms with Crippen molar-refractivity contribution in [2.24, 2.45) is 0 Å². The van der Waals surface area contributed by atoms with Crippen LogP contribution in [-0.2, 0) is 0 Å². The number of halogens is 1. The number of aryl methyl sites for hydroxylation is 1. The second-order valence-corrected chi connectivity index (χ2v) is 4.70. The fraction of sp³-hybridized carbons (Fsp3) is 0.200. The molecule has 0 radical (unpaired) electrons. The number of nitrogens with two attached hydrogens (primary N) is 1. The van der Waals surface area contributed by atoms with Gasteiger partial charge in [0, 0.05) is 17.9 Å². The predicted molar refractivity (Wildman–Crippen MR) is 79.7 cm³/mol. The zero-order valence-corrected chi connectivity index (χ0v) is 11.4. The van der Waals surface area contributed by atoms with Crippen molar-refractivity contribution in [3.05, 3.63) is 53.1 Å². The molecule has 0 atom stereocenters. The van der Waals surface area contributed by atoms with Crippen LogP contribution in [0.25, 0.3) is 0 Å². The average Bonchev–Trinajstić information content (AvgIpc) is 2.35. The summed E-state index contributed by atoms with van der Waals surface area (Å²) < 4.78 is 0. The van der Waals surface area contributed by atoms with E-state index in [0.29, 0.717) is 10.7 Å². The van der Waals surface area contributed by atoms with Crippen molar-refractivity contribution in [1.29, 1.82) is 0 Å². The highest BCUT2D eigenvalue weighted by Gasteiger charge is 2.10. The molecule has 2 N–H and O–H groups in total. The molecule has 0 spiro atoms. The van der Waals surface area contributed by atoms with E-state index in [9.17, 15) is 0 Å². The third-order valence-corrected chi connectivity index (χ3v) is 3.23. The monoisotopic (exact) mass is 260 g/mol. The highest BCUT2D eigenvalue weighted by atomic mass is 35.5. The maximum absolute atomic E-state index is 6.26. The largest absolute Gasteiger partial charge is 0.399 e. The van der Waals surface area contributed by atoms with Crippen LogP contribution in [0.2, 0.25) is 5.02 Å². The third-order valence-electron chi connectivity index (χ3n) is 2.92. The van der Waals surface area contributed by atoms with Crippen molar-refractivity contribution in [3.63, 3.8) is 0 Å². The molecule has 0 aliphatic heterocycles. The SMILES string of the molecule is CCN(c1ccc(C)cc1)c1ccc(N)cc1Cl. The summed E-state index contributed by atoms with van der Waals surface area (Å²) in [5, 5.41) is 0.678. The van der Waals surface area contributed by atoms with Gasteiger partial charge in [-0.15, -0.1) is 0 Å². The fourth-order valence-corrected chi connectivity index (χ4v) is 2.25. The van der Waals surface area contributed by atoms with E-state index < -0.39 is 0 Å². The van der Waals surface area contributed by atoms with Crippen LogP contribution in [0.4, 0.5) is 17.1 Å². The first-order valence-corrected chi connectivity index (χ1v) is 6.39. The number of hydrogen-bond acceptors (Lipinski definition) is 2. The molecular weight excluding hydrogens is 244 g/mol. The molecule has 0 unspecified atom stereocenters. The Morgan fingerprint density at radius 1 is 1.11 bits per heavy atom. The molecule has 0 amide bonds. The van der Waals surface area contributed by atoms with Gasteiger partial charge < -0.3 is 10.6 Å². The van der Waals surface area contributed by atoms with Gasteiger partial charge in [0.1, 0.15) is 0 Å². The summed E-state index contributed by atoms with van der Waals surface area (Å²) in [5.41, 5.74) is 9.77. The average molecular weight is 261 g/mol. The van der Waals surface area contributed by atoms with Gasteiger partial charge in [-0.05, 0) is 44.2 Å². The lowest BCUT2D eigenvalue weighted by Gasteiger charge is -2.24. The van der Waals surface area contributed by atoms with E-state index >= 15 is 0 Å². The van der Waals surface area contributed by atoms with Gasteiger partial charge in [0.15, 0.2) is 0 Å². The quantitative estimate of drug-likeness (QED) is 0.830. The summed E-state index contributed by atoms with van der Waals surface area (Å²) >= 11 is 6.26. The molecule has 0 saturated heterocycles. The number of nitrogens with zero attached hydrogens (tertiary/aromatic N) is 1. The first-order chi connectivity index (χ1) is 8.61. The Hall–Kier alpha value is -1.67. The summed E-state index contributed by atoms with van der Waals surface area (Å²) in [5.74, 6) is 0. The number of rotatable bonds is 3. The van der Waals surface area contributed by atoms with Crippen molar-refractivity contribution >= 4 is 28.7 Å². The molecule has 2 aromatic carbocycles. The Morgan fingerprint density at radius 3 is 2.33 bits per heavy atom. The summed E-state index contributed by atoms with van der Waals surface area (Å²) in [6.45, 7) is 5.04. The van der Waals surface area contributed by atoms with Crippen LogP contribution in [0.15, 0.2) is 42.5 Å². The smallest absolute Gasteiger partial charge is 0.0663 e. The van der Waals surface area contributed by atoms with Crippen LogP contribution in [0.3, 0.4) is 0 Å². The Bertz CT molecular complexity index is 535. The lowest BCUT2D eigenvalue weighted by atomic mass is 10.2. The Labute approximate surface area is 113 Å². The number of nitrogen functional groups attached to an aromatic ring is 1. The van der Waals surface area contributed by atoms with Crippen LogP contribution < -0.4 is 10.6 Å². The normalized spacial score (nSPS) is 10.4. The maximum Gasteiger partial charge on any atom is 0.0663 e. The third kappa shape index (κ3) is 2.59. The Morgan fingerprint density at radius 2 is 1.78 bits per heavy atom. The van der Waals surface area contributed by atoms with E-state index in [1.165, 1.54) is 5.56 Å². The highest BCUT2D eigenvalue weighted by molar-refractivity contribution is 6.33. The van der Waals surface area contributed by atoms with Gasteiger partial charge in [0.05, 0.1) is 10.7 Å². The molecule has 0 fully saturated rings. The van der Waals surface area contributed by atoms with E-state index in [2.05, 4.69) is 43.0 Å². The molecule has 2 rings (SSSR count). The predicted octanol–water partition coefficient (Wildman–Crippen LogP) is 4.39. The Kier molecular flexibility index (Phi) is 3.78. The minimum Gasteiger partial charge on any atom is -0.399 e. The lowest BCUT2D eigenvalue weighted by Crippen LogP contribution is -2.16. The van der Waals surface area contributed by atoms with Crippen LogP contribution in [0.5, 0.6) is 0 Å². The van der Waals surface area contributed by atoms with Gasteiger partial charge in [-0.2, -0.15) is 0 Å². The summed E-state index contributed by atoms with van der Waals surface area (Å²) in [4.78, 5) is 2.17.